The third-order valence-corrected chi connectivity index (χ3v) is 5.21. The number of primary amides is 1. The zero-order valence-electron chi connectivity index (χ0n) is 15.7. The molecule has 158 valence electrons. The number of alkyl halides is 3. The number of H-pyrrole nitrogens is 1. The minimum Gasteiger partial charge on any atom is -0.384 e. The third-order valence-electron chi connectivity index (χ3n) is 4.88. The van der Waals surface area contributed by atoms with Gasteiger partial charge >= 0.3 is 6.18 Å². The van der Waals surface area contributed by atoms with Gasteiger partial charge in [-0.1, -0.05) is 41.9 Å². The van der Waals surface area contributed by atoms with Crippen LogP contribution in [-0.2, 0) is 6.18 Å². The number of nitrogens with two attached hydrogens (primary N) is 1. The summed E-state index contributed by atoms with van der Waals surface area (Å²) in [5.41, 5.74) is 7.08. The smallest absolute Gasteiger partial charge is 0.384 e. The van der Waals surface area contributed by atoms with Crippen LogP contribution in [0.1, 0.15) is 33.2 Å². The second-order valence-electron chi connectivity index (χ2n) is 6.94. The number of aliphatic hydroxyl groups is 1. The molecular weight excluding hydrogens is 431 g/mol. The van der Waals surface area contributed by atoms with Crippen molar-refractivity contribution >= 4 is 28.5 Å². The molecule has 0 fully saturated rings. The summed E-state index contributed by atoms with van der Waals surface area (Å²) in [6.07, 6.45) is -5.88. The molecule has 0 saturated carbocycles. The van der Waals surface area contributed by atoms with Crippen molar-refractivity contribution in [2.24, 2.45) is 5.73 Å². The maximum atomic E-state index is 13.1. The molecule has 0 bridgehead atoms. The molecule has 0 radical (unpaired) electrons. The van der Waals surface area contributed by atoms with Gasteiger partial charge in [0, 0.05) is 11.1 Å². The normalized spacial score (nSPS) is 12.8. The highest BCUT2D eigenvalue weighted by Gasteiger charge is 2.33. The number of carbonyl (C=O) groups excluding carboxylic acids is 1. The van der Waals surface area contributed by atoms with Crippen LogP contribution in [0.25, 0.3) is 22.4 Å². The average Bonchev–Trinajstić information content (AvgIpc) is 3.16. The second kappa shape index (κ2) is 7.72. The number of amides is 1. The number of aromatic amines is 1. The minimum atomic E-state index is -4.62. The molecule has 1 unspecified atom stereocenters. The summed E-state index contributed by atoms with van der Waals surface area (Å²) in [5.74, 6) is -0.0239. The van der Waals surface area contributed by atoms with Crippen LogP contribution in [0.4, 0.5) is 13.2 Å². The number of imidazole rings is 1. The number of aliphatic hydroxyl groups excluding tert-OH is 1. The van der Waals surface area contributed by atoms with Crippen LogP contribution in [-0.4, -0.2) is 21.0 Å². The van der Waals surface area contributed by atoms with Crippen LogP contribution < -0.4 is 5.73 Å². The van der Waals surface area contributed by atoms with E-state index in [1.807, 2.05) is 0 Å². The molecule has 9 heteroatoms. The summed E-state index contributed by atoms with van der Waals surface area (Å²) in [6, 6.07) is 14.8. The largest absolute Gasteiger partial charge is 0.417 e. The predicted octanol–water partition coefficient (Wildman–Crippen LogP) is 5.08. The number of hydrogen-bond acceptors (Lipinski definition) is 3. The van der Waals surface area contributed by atoms with E-state index in [-0.39, 0.29) is 5.56 Å². The first kappa shape index (κ1) is 20.9. The molecule has 0 spiro atoms. The molecule has 4 aromatic rings. The lowest BCUT2D eigenvalue weighted by molar-refractivity contribution is -0.137. The Hall–Kier alpha value is -3.36. The van der Waals surface area contributed by atoms with E-state index in [0.29, 0.717) is 33.5 Å². The molecule has 1 aromatic heterocycles. The van der Waals surface area contributed by atoms with Crippen LogP contribution in [0, 0.1) is 0 Å². The number of fused-ring (bicyclic) bond motifs is 1. The lowest BCUT2D eigenvalue weighted by Gasteiger charge is -2.15. The Kier molecular flexibility index (Phi) is 5.20. The second-order valence-corrected chi connectivity index (χ2v) is 7.35. The summed E-state index contributed by atoms with van der Waals surface area (Å²) in [6.45, 7) is 0. The summed E-state index contributed by atoms with van der Waals surface area (Å²) in [5, 5.41) is 10.1. The Labute approximate surface area is 179 Å². The van der Waals surface area contributed by atoms with Gasteiger partial charge in [-0.25, -0.2) is 4.98 Å². The van der Waals surface area contributed by atoms with E-state index in [4.69, 9.17) is 17.3 Å². The van der Waals surface area contributed by atoms with Gasteiger partial charge in [0.1, 0.15) is 11.9 Å². The van der Waals surface area contributed by atoms with Crippen molar-refractivity contribution in [2.75, 3.05) is 0 Å². The number of benzene rings is 3. The molecule has 31 heavy (non-hydrogen) atoms. The maximum absolute atomic E-state index is 13.1. The van der Waals surface area contributed by atoms with E-state index in [1.165, 1.54) is 6.07 Å². The number of carbonyl (C=O) groups is 1. The van der Waals surface area contributed by atoms with Crippen LogP contribution in [0.15, 0.2) is 60.7 Å². The van der Waals surface area contributed by atoms with Gasteiger partial charge < -0.3 is 15.8 Å². The van der Waals surface area contributed by atoms with Gasteiger partial charge in [0.15, 0.2) is 0 Å². The lowest BCUT2D eigenvalue weighted by atomic mass is 9.98. The highest BCUT2D eigenvalue weighted by Crippen LogP contribution is 2.37. The molecule has 0 aliphatic carbocycles. The molecule has 4 N–H and O–H groups in total. The van der Waals surface area contributed by atoms with Crippen molar-refractivity contribution in [1.82, 2.24) is 9.97 Å². The van der Waals surface area contributed by atoms with Crippen LogP contribution in [0.2, 0.25) is 5.02 Å². The Morgan fingerprint density at radius 3 is 2.35 bits per heavy atom. The molecule has 3 aromatic carbocycles. The SMILES string of the molecule is NC(=O)c1ccc2[nH]c(-c3ccc(C(O)c4ccc(Cl)c(C(F)(F)F)c4)cc3)nc2c1. The van der Waals surface area contributed by atoms with Gasteiger partial charge in [-0.2, -0.15) is 13.2 Å². The average molecular weight is 446 g/mol. The van der Waals surface area contributed by atoms with Gasteiger partial charge in [0.05, 0.1) is 21.6 Å². The van der Waals surface area contributed by atoms with Gasteiger partial charge in [-0.15, -0.1) is 0 Å². The monoisotopic (exact) mass is 445 g/mol. The molecule has 0 saturated heterocycles. The quantitative estimate of drug-likeness (QED) is 0.409. The van der Waals surface area contributed by atoms with Crippen molar-refractivity contribution in [2.45, 2.75) is 12.3 Å². The number of nitrogens with one attached hydrogen (secondary N) is 1. The fraction of sp³-hybridized carbons (Fsp3) is 0.0909. The Bertz CT molecular complexity index is 1280. The van der Waals surface area contributed by atoms with Crippen molar-refractivity contribution in [3.63, 3.8) is 0 Å². The van der Waals surface area contributed by atoms with Crippen LogP contribution in [0.3, 0.4) is 0 Å². The summed E-state index contributed by atoms with van der Waals surface area (Å²) < 4.78 is 39.3. The van der Waals surface area contributed by atoms with Crippen LogP contribution in [0.5, 0.6) is 0 Å². The van der Waals surface area contributed by atoms with Crippen molar-refractivity contribution in [1.29, 1.82) is 0 Å². The van der Waals surface area contributed by atoms with E-state index in [9.17, 15) is 23.1 Å². The fourth-order valence-electron chi connectivity index (χ4n) is 3.24. The first-order chi connectivity index (χ1) is 14.6. The van der Waals surface area contributed by atoms with E-state index in [2.05, 4.69) is 9.97 Å². The molecule has 0 aliphatic rings. The molecule has 5 nitrogen and oxygen atoms in total. The number of rotatable bonds is 4. The number of hydrogen-bond donors (Lipinski definition) is 3. The van der Waals surface area contributed by atoms with Gasteiger partial charge in [0.25, 0.3) is 0 Å². The number of aromatic nitrogens is 2. The van der Waals surface area contributed by atoms with Crippen molar-refractivity contribution < 1.29 is 23.1 Å². The molecular formula is C22H15ClF3N3O2. The van der Waals surface area contributed by atoms with Gasteiger partial charge in [0.2, 0.25) is 5.91 Å². The molecule has 4 rings (SSSR count). The zero-order valence-corrected chi connectivity index (χ0v) is 16.5. The topological polar surface area (TPSA) is 92.0 Å². The third kappa shape index (κ3) is 4.12. The van der Waals surface area contributed by atoms with E-state index >= 15 is 0 Å². The predicted molar refractivity (Wildman–Crippen MR) is 111 cm³/mol. The van der Waals surface area contributed by atoms with Crippen LogP contribution >= 0.6 is 11.6 Å². The molecule has 1 amide bonds. The maximum Gasteiger partial charge on any atom is 0.417 e. The highest BCUT2D eigenvalue weighted by molar-refractivity contribution is 6.31. The number of halogens is 4. The fourth-order valence-corrected chi connectivity index (χ4v) is 3.47. The van der Waals surface area contributed by atoms with E-state index in [1.54, 1.807) is 42.5 Å². The van der Waals surface area contributed by atoms with Crippen molar-refractivity contribution in [3.8, 4) is 11.4 Å². The van der Waals surface area contributed by atoms with E-state index in [0.717, 1.165) is 12.1 Å². The Morgan fingerprint density at radius 1 is 1.03 bits per heavy atom. The Morgan fingerprint density at radius 2 is 1.71 bits per heavy atom. The van der Waals surface area contributed by atoms with E-state index < -0.39 is 28.8 Å². The molecule has 1 atom stereocenters. The standard InChI is InChI=1S/C22H15ClF3N3O2/c23-16-7-5-13(9-15(16)22(24,25)26)19(30)11-1-3-12(4-2-11)21-28-17-8-6-14(20(27)31)10-18(17)29-21/h1-10,19,30H,(H2,27,31)(H,28,29). The Balaban J connectivity index is 1.62. The van der Waals surface area contributed by atoms with Gasteiger partial charge in [-0.05, 0) is 41.5 Å². The minimum absolute atomic E-state index is 0.0761. The van der Waals surface area contributed by atoms with Crippen molar-refractivity contribution in [3.05, 3.63) is 87.9 Å². The first-order valence-corrected chi connectivity index (χ1v) is 9.46. The molecule has 1 heterocycles. The molecule has 0 aliphatic heterocycles. The van der Waals surface area contributed by atoms with Gasteiger partial charge in [-0.3, -0.25) is 4.79 Å². The summed E-state index contributed by atoms with van der Waals surface area (Å²) >= 11 is 5.64. The summed E-state index contributed by atoms with van der Waals surface area (Å²) in [7, 11) is 0. The summed E-state index contributed by atoms with van der Waals surface area (Å²) in [4.78, 5) is 18.9. The number of nitrogens with zero attached hydrogens (tertiary/aromatic N) is 1. The first-order valence-electron chi connectivity index (χ1n) is 9.08. The zero-order chi connectivity index (χ0) is 22.3. The lowest BCUT2D eigenvalue weighted by Crippen LogP contribution is -2.10. The highest BCUT2D eigenvalue weighted by atomic mass is 35.5.